The predicted molar refractivity (Wildman–Crippen MR) is 92.2 cm³/mol. The summed E-state index contributed by atoms with van der Waals surface area (Å²) in [7, 11) is 0. The molecular weight excluding hydrogens is 280 g/mol. The molecule has 0 aliphatic heterocycles. The predicted octanol–water partition coefficient (Wildman–Crippen LogP) is 4.70. The molecule has 0 radical (unpaired) electrons. The Balaban J connectivity index is 1.70. The minimum absolute atomic E-state index is 0.224. The Morgan fingerprint density at radius 2 is 1.78 bits per heavy atom. The van der Waals surface area contributed by atoms with Gasteiger partial charge in [-0.15, -0.1) is 0 Å². The normalized spacial score (nSPS) is 30.9. The average molecular weight is 300 g/mol. The number of carbonyl (C=O) groups excluding carboxylic acids is 1. The molecule has 0 N–H and O–H groups in total. The topological polar surface area (TPSA) is 17.1 Å². The van der Waals surface area contributed by atoms with Crippen molar-refractivity contribution in [2.75, 3.05) is 0 Å². The van der Waals surface area contributed by atoms with E-state index in [-0.39, 0.29) is 5.41 Å². The van der Waals surface area contributed by atoms with Crippen molar-refractivity contribution in [2.24, 2.45) is 11.8 Å². The second kappa shape index (κ2) is 4.67. The van der Waals surface area contributed by atoms with Gasteiger partial charge < -0.3 is 0 Å². The molecule has 2 aromatic rings. The van der Waals surface area contributed by atoms with E-state index in [0.717, 1.165) is 19.3 Å². The van der Waals surface area contributed by atoms with Crippen molar-refractivity contribution < 1.29 is 4.79 Å². The van der Waals surface area contributed by atoms with Crippen molar-refractivity contribution in [3.8, 4) is 11.1 Å². The molecule has 3 atom stereocenters. The summed E-state index contributed by atoms with van der Waals surface area (Å²) in [6.45, 7) is 0. The number of rotatable bonds is 1. The molecular formula is C22H20O. The van der Waals surface area contributed by atoms with Crippen LogP contribution >= 0.6 is 0 Å². The first-order chi connectivity index (χ1) is 11.3. The van der Waals surface area contributed by atoms with Crippen molar-refractivity contribution in [2.45, 2.75) is 31.1 Å². The molecule has 114 valence electrons. The molecule has 0 saturated heterocycles. The van der Waals surface area contributed by atoms with E-state index in [0.29, 0.717) is 17.6 Å². The number of hydrogen-bond donors (Lipinski definition) is 0. The third-order valence-corrected chi connectivity index (χ3v) is 6.21. The lowest BCUT2D eigenvalue weighted by Gasteiger charge is -2.39. The molecule has 3 aliphatic carbocycles. The van der Waals surface area contributed by atoms with Gasteiger partial charge in [-0.2, -0.15) is 0 Å². The third-order valence-electron chi connectivity index (χ3n) is 6.21. The van der Waals surface area contributed by atoms with Crippen molar-refractivity contribution in [3.63, 3.8) is 0 Å². The van der Waals surface area contributed by atoms with Crippen LogP contribution in [-0.4, -0.2) is 5.78 Å². The number of aryl methyl sites for hydroxylation is 1. The number of benzene rings is 2. The number of allylic oxidation sites excluding steroid dienone is 2. The molecule has 5 rings (SSSR count). The highest BCUT2D eigenvalue weighted by Crippen LogP contribution is 2.57. The Labute approximate surface area is 137 Å². The fourth-order valence-electron chi connectivity index (χ4n) is 5.13. The monoisotopic (exact) mass is 300 g/mol. The molecule has 0 aromatic heterocycles. The zero-order valence-corrected chi connectivity index (χ0v) is 13.2. The Kier molecular flexibility index (Phi) is 2.70. The molecule has 2 bridgehead atoms. The summed E-state index contributed by atoms with van der Waals surface area (Å²) in [5, 5.41) is 0. The van der Waals surface area contributed by atoms with Gasteiger partial charge >= 0.3 is 0 Å². The first-order valence-corrected chi connectivity index (χ1v) is 8.68. The number of ketones is 1. The smallest absolute Gasteiger partial charge is 0.144 e. The maximum Gasteiger partial charge on any atom is 0.144 e. The first-order valence-electron chi connectivity index (χ1n) is 8.68. The molecule has 1 heteroatoms. The van der Waals surface area contributed by atoms with Gasteiger partial charge in [-0.3, -0.25) is 4.79 Å². The highest BCUT2D eigenvalue weighted by atomic mass is 16.1. The quantitative estimate of drug-likeness (QED) is 0.698. The maximum atomic E-state index is 13.0. The lowest BCUT2D eigenvalue weighted by Crippen LogP contribution is -2.43. The largest absolute Gasteiger partial charge is 0.299 e. The van der Waals surface area contributed by atoms with E-state index < -0.39 is 0 Å². The number of fused-ring (bicyclic) bond motifs is 5. The van der Waals surface area contributed by atoms with E-state index in [9.17, 15) is 4.79 Å². The van der Waals surface area contributed by atoms with E-state index in [1.165, 1.54) is 28.7 Å². The van der Waals surface area contributed by atoms with Gasteiger partial charge in [-0.25, -0.2) is 0 Å². The summed E-state index contributed by atoms with van der Waals surface area (Å²) in [6.07, 6.45) is 8.47. The summed E-state index contributed by atoms with van der Waals surface area (Å²) in [5.74, 6) is 1.51. The number of Topliss-reactive ketones (excluding diaryl/α,β-unsaturated/α-hetero) is 1. The van der Waals surface area contributed by atoms with Crippen LogP contribution in [-0.2, 0) is 16.6 Å². The average Bonchev–Trinajstić information content (AvgIpc) is 3.21. The molecule has 1 fully saturated rings. The number of hydrogen-bond acceptors (Lipinski definition) is 1. The molecule has 2 aromatic carbocycles. The van der Waals surface area contributed by atoms with Crippen LogP contribution < -0.4 is 0 Å². The van der Waals surface area contributed by atoms with E-state index in [1.807, 2.05) is 6.07 Å². The van der Waals surface area contributed by atoms with Crippen LogP contribution in [0, 0.1) is 11.8 Å². The van der Waals surface area contributed by atoms with Crippen LogP contribution in [0.2, 0.25) is 0 Å². The summed E-state index contributed by atoms with van der Waals surface area (Å²) in [5.41, 5.74) is 4.97. The second-order valence-corrected chi connectivity index (χ2v) is 7.32. The summed E-state index contributed by atoms with van der Waals surface area (Å²) < 4.78 is 0. The third kappa shape index (κ3) is 1.77. The zero-order valence-electron chi connectivity index (χ0n) is 13.2. The van der Waals surface area contributed by atoms with Crippen molar-refractivity contribution >= 4 is 5.78 Å². The van der Waals surface area contributed by atoms with Gasteiger partial charge in [0.05, 0.1) is 5.41 Å². The Bertz CT molecular complexity index is 817. The molecule has 0 heterocycles. The van der Waals surface area contributed by atoms with E-state index in [1.54, 1.807) is 0 Å². The van der Waals surface area contributed by atoms with Gasteiger partial charge in [0.1, 0.15) is 5.78 Å². The molecule has 1 saturated carbocycles. The lowest BCUT2D eigenvalue weighted by molar-refractivity contribution is -0.126. The Morgan fingerprint density at radius 1 is 0.913 bits per heavy atom. The molecule has 0 amide bonds. The lowest BCUT2D eigenvalue weighted by atomic mass is 9.62. The Morgan fingerprint density at radius 3 is 2.52 bits per heavy atom. The van der Waals surface area contributed by atoms with Crippen molar-refractivity contribution in [1.82, 2.24) is 0 Å². The van der Waals surface area contributed by atoms with Gasteiger partial charge in [0.15, 0.2) is 0 Å². The van der Waals surface area contributed by atoms with Crippen LogP contribution in [0.15, 0.2) is 60.7 Å². The second-order valence-electron chi connectivity index (χ2n) is 7.32. The highest BCUT2D eigenvalue weighted by Gasteiger charge is 2.55. The van der Waals surface area contributed by atoms with Crippen LogP contribution in [0.3, 0.4) is 0 Å². The van der Waals surface area contributed by atoms with E-state index >= 15 is 0 Å². The zero-order chi connectivity index (χ0) is 15.4. The maximum absolute atomic E-state index is 13.0. The SMILES string of the molecule is O=C1CCc2ccc(-c3ccccc3)cc2C12CC1C=CC2C1. The van der Waals surface area contributed by atoms with Gasteiger partial charge in [-0.05, 0) is 59.4 Å². The molecule has 3 unspecified atom stereocenters. The minimum atomic E-state index is -0.224. The van der Waals surface area contributed by atoms with Crippen LogP contribution in [0.25, 0.3) is 11.1 Å². The highest BCUT2D eigenvalue weighted by molar-refractivity contribution is 5.94. The van der Waals surface area contributed by atoms with E-state index in [2.05, 4.69) is 54.6 Å². The van der Waals surface area contributed by atoms with Gasteiger partial charge in [0.2, 0.25) is 0 Å². The van der Waals surface area contributed by atoms with E-state index in [4.69, 9.17) is 0 Å². The number of carbonyl (C=O) groups is 1. The van der Waals surface area contributed by atoms with Crippen LogP contribution in [0.1, 0.15) is 30.4 Å². The standard InChI is InChI=1S/C22H20O/c23-21-11-9-17-7-8-18(16-4-2-1-3-5-16)13-20(17)22(21)14-15-6-10-19(22)12-15/h1-8,10,13,15,19H,9,11-12,14H2. The Hall–Kier alpha value is -2.15. The molecule has 1 nitrogen and oxygen atoms in total. The molecule has 1 spiro atoms. The van der Waals surface area contributed by atoms with Crippen LogP contribution in [0.4, 0.5) is 0 Å². The summed E-state index contributed by atoms with van der Waals surface area (Å²) >= 11 is 0. The molecule has 3 aliphatic rings. The fourth-order valence-corrected chi connectivity index (χ4v) is 5.13. The first kappa shape index (κ1) is 13.3. The molecule has 23 heavy (non-hydrogen) atoms. The summed E-state index contributed by atoms with van der Waals surface area (Å²) in [6, 6.07) is 17.3. The fraction of sp³-hybridized carbons (Fsp3) is 0.318. The van der Waals surface area contributed by atoms with Crippen molar-refractivity contribution in [3.05, 3.63) is 71.8 Å². The van der Waals surface area contributed by atoms with Crippen molar-refractivity contribution in [1.29, 1.82) is 0 Å². The minimum Gasteiger partial charge on any atom is -0.299 e. The van der Waals surface area contributed by atoms with Crippen LogP contribution in [0.5, 0.6) is 0 Å². The van der Waals surface area contributed by atoms with Gasteiger partial charge in [0, 0.05) is 6.42 Å². The summed E-state index contributed by atoms with van der Waals surface area (Å²) in [4.78, 5) is 13.0. The van der Waals surface area contributed by atoms with Gasteiger partial charge in [-0.1, -0.05) is 54.6 Å². The van der Waals surface area contributed by atoms with Gasteiger partial charge in [0.25, 0.3) is 0 Å².